The highest BCUT2D eigenvalue weighted by atomic mass is 16.3. The number of benzene rings is 8. The van der Waals surface area contributed by atoms with Gasteiger partial charge in [0.15, 0.2) is 0 Å². The molecule has 3 aromatic heterocycles. The third kappa shape index (κ3) is 4.30. The van der Waals surface area contributed by atoms with Gasteiger partial charge >= 0.3 is 0 Å². The number of rotatable bonds is 5. The lowest BCUT2D eigenvalue weighted by atomic mass is 9.81. The quantitative estimate of drug-likeness (QED) is 0.190. The highest BCUT2D eigenvalue weighted by Gasteiger charge is 2.29. The first-order valence-electron chi connectivity index (χ1n) is 19.4. The van der Waals surface area contributed by atoms with E-state index in [4.69, 9.17) is 0 Å². The van der Waals surface area contributed by atoms with E-state index in [1.54, 1.807) is 0 Å². The van der Waals surface area contributed by atoms with Crippen molar-refractivity contribution >= 4 is 81.4 Å². The molecule has 3 heterocycles. The Balaban J connectivity index is 1.24. The third-order valence-electron chi connectivity index (χ3n) is 12.3. The van der Waals surface area contributed by atoms with Gasteiger partial charge in [0.1, 0.15) is 0 Å². The predicted octanol–water partition coefficient (Wildman–Crippen LogP) is 13.3. The molecule has 260 valence electrons. The Labute approximate surface area is 317 Å². The number of hydrogen-bond acceptors (Lipinski definition) is 1. The van der Waals surface area contributed by atoms with Gasteiger partial charge in [0.25, 0.3) is 0 Å². The standard InChI is InChI=1S/C52H36N2O/c55-52(33-17-5-2-6-18-33)46(32-15-3-1-4-16-32)36-21-13-22-37(29-36)53-45-31-35-20-8-7-19-34(35)30-43(45)48-47-42-27-14-26-39-38-23-11-12-28-44(38)54(49(39)42)51(47)41-25-10-9-24-40(41)50(48)53/h2-3,5-31,46,52,55H,1,4H2. The Hall–Kier alpha value is -6.68. The van der Waals surface area contributed by atoms with Crippen LogP contribution in [0.4, 0.5) is 0 Å². The zero-order chi connectivity index (χ0) is 36.2. The predicted molar refractivity (Wildman–Crippen MR) is 231 cm³/mol. The maximum absolute atomic E-state index is 12.1. The van der Waals surface area contributed by atoms with Crippen LogP contribution in [0, 0.1) is 0 Å². The van der Waals surface area contributed by atoms with Crippen LogP contribution in [0.1, 0.15) is 36.0 Å². The van der Waals surface area contributed by atoms with Gasteiger partial charge in [-0.3, -0.25) is 0 Å². The monoisotopic (exact) mass is 704 g/mol. The molecule has 55 heavy (non-hydrogen) atoms. The molecule has 0 bridgehead atoms. The first kappa shape index (κ1) is 30.7. The molecular weight excluding hydrogens is 669 g/mol. The van der Waals surface area contributed by atoms with Gasteiger partial charge in [0.05, 0.1) is 33.7 Å². The summed E-state index contributed by atoms with van der Waals surface area (Å²) < 4.78 is 5.04. The topological polar surface area (TPSA) is 29.6 Å². The van der Waals surface area contributed by atoms with Crippen LogP contribution in [0.3, 0.4) is 0 Å². The minimum Gasteiger partial charge on any atom is -0.387 e. The number of para-hydroxylation sites is 2. The molecule has 0 amide bonds. The van der Waals surface area contributed by atoms with Crippen molar-refractivity contribution in [2.75, 3.05) is 0 Å². The van der Waals surface area contributed by atoms with Crippen LogP contribution < -0.4 is 0 Å². The summed E-state index contributed by atoms with van der Waals surface area (Å²) in [7, 11) is 0. The molecule has 3 heteroatoms. The number of fused-ring (bicyclic) bond motifs is 14. The Morgan fingerprint density at radius 1 is 0.473 bits per heavy atom. The van der Waals surface area contributed by atoms with Crippen LogP contribution in [-0.2, 0) is 0 Å². The molecule has 2 unspecified atom stereocenters. The molecule has 0 spiro atoms. The second kappa shape index (κ2) is 11.7. The lowest BCUT2D eigenvalue weighted by Gasteiger charge is -2.27. The Morgan fingerprint density at radius 3 is 1.93 bits per heavy atom. The van der Waals surface area contributed by atoms with Gasteiger partial charge in [-0.1, -0.05) is 146 Å². The van der Waals surface area contributed by atoms with Crippen molar-refractivity contribution < 1.29 is 5.11 Å². The average Bonchev–Trinajstić information content (AvgIpc) is 3.89. The van der Waals surface area contributed by atoms with Crippen LogP contribution in [0.25, 0.3) is 87.1 Å². The van der Waals surface area contributed by atoms with Gasteiger partial charge in [0.2, 0.25) is 0 Å². The summed E-state index contributed by atoms with van der Waals surface area (Å²) >= 11 is 0. The zero-order valence-electron chi connectivity index (χ0n) is 30.2. The summed E-state index contributed by atoms with van der Waals surface area (Å²) in [6.45, 7) is 0. The van der Waals surface area contributed by atoms with Gasteiger partial charge in [-0.15, -0.1) is 0 Å². The van der Waals surface area contributed by atoms with Crippen molar-refractivity contribution in [1.82, 2.24) is 8.97 Å². The van der Waals surface area contributed by atoms with E-state index in [-0.39, 0.29) is 5.92 Å². The van der Waals surface area contributed by atoms with Crippen LogP contribution in [0.5, 0.6) is 0 Å². The molecule has 3 nitrogen and oxygen atoms in total. The second-order valence-corrected chi connectivity index (χ2v) is 15.2. The first-order chi connectivity index (χ1) is 27.2. The number of hydrogen-bond donors (Lipinski definition) is 1. The van der Waals surface area contributed by atoms with E-state index in [2.05, 4.69) is 155 Å². The van der Waals surface area contributed by atoms with Crippen molar-refractivity contribution in [3.8, 4) is 5.69 Å². The molecule has 8 aromatic carbocycles. The molecule has 11 aromatic rings. The normalized spacial score (nSPS) is 14.7. The lowest BCUT2D eigenvalue weighted by Crippen LogP contribution is -2.14. The first-order valence-corrected chi connectivity index (χ1v) is 19.4. The summed E-state index contributed by atoms with van der Waals surface area (Å²) in [4.78, 5) is 0. The summed E-state index contributed by atoms with van der Waals surface area (Å²) in [6, 6.07) is 57.3. The minimum atomic E-state index is -0.693. The van der Waals surface area contributed by atoms with E-state index >= 15 is 0 Å². The molecule has 0 saturated carbocycles. The van der Waals surface area contributed by atoms with Crippen molar-refractivity contribution in [1.29, 1.82) is 0 Å². The summed E-state index contributed by atoms with van der Waals surface area (Å²) in [5.41, 5.74) is 10.4. The second-order valence-electron chi connectivity index (χ2n) is 15.2. The molecule has 0 saturated heterocycles. The Kier molecular flexibility index (Phi) is 6.52. The number of allylic oxidation sites excluding steroid dienone is 3. The molecular formula is C52H36N2O. The minimum absolute atomic E-state index is 0.217. The summed E-state index contributed by atoms with van der Waals surface area (Å²) in [5, 5.41) is 24.7. The van der Waals surface area contributed by atoms with Crippen LogP contribution in [-0.4, -0.2) is 14.1 Å². The highest BCUT2D eigenvalue weighted by molar-refractivity contribution is 6.40. The van der Waals surface area contributed by atoms with Gasteiger partial charge in [0, 0.05) is 54.7 Å². The molecule has 12 rings (SSSR count). The van der Waals surface area contributed by atoms with E-state index in [0.717, 1.165) is 29.7 Å². The smallest absolute Gasteiger partial charge is 0.0898 e. The molecule has 1 aliphatic rings. The third-order valence-corrected chi connectivity index (χ3v) is 12.3. The molecule has 0 radical (unpaired) electrons. The lowest BCUT2D eigenvalue weighted by molar-refractivity contribution is 0.158. The number of aliphatic hydroxyl groups excluding tert-OH is 1. The van der Waals surface area contributed by atoms with Crippen LogP contribution >= 0.6 is 0 Å². The van der Waals surface area contributed by atoms with E-state index in [0.29, 0.717) is 0 Å². The molecule has 0 aliphatic heterocycles. The highest BCUT2D eigenvalue weighted by Crippen LogP contribution is 2.49. The van der Waals surface area contributed by atoms with Gasteiger partial charge in [-0.25, -0.2) is 0 Å². The number of aromatic nitrogens is 2. The fraction of sp³-hybridized carbons (Fsp3) is 0.0769. The largest absolute Gasteiger partial charge is 0.387 e. The van der Waals surface area contributed by atoms with Crippen molar-refractivity contribution in [3.05, 3.63) is 193 Å². The fourth-order valence-electron chi connectivity index (χ4n) is 9.97. The molecule has 0 fully saturated rings. The van der Waals surface area contributed by atoms with E-state index in [1.807, 2.05) is 30.3 Å². The van der Waals surface area contributed by atoms with Gasteiger partial charge in [-0.05, 0) is 70.6 Å². The van der Waals surface area contributed by atoms with Crippen molar-refractivity contribution in [3.63, 3.8) is 0 Å². The summed E-state index contributed by atoms with van der Waals surface area (Å²) in [6.07, 6.45) is 8.09. The van der Waals surface area contributed by atoms with Crippen molar-refractivity contribution in [2.45, 2.75) is 24.9 Å². The number of aliphatic hydroxyl groups is 1. The van der Waals surface area contributed by atoms with E-state index in [9.17, 15) is 5.11 Å². The van der Waals surface area contributed by atoms with E-state index < -0.39 is 6.10 Å². The summed E-state index contributed by atoms with van der Waals surface area (Å²) in [5.74, 6) is -0.217. The molecule has 1 aliphatic carbocycles. The van der Waals surface area contributed by atoms with Crippen LogP contribution in [0.2, 0.25) is 0 Å². The fourth-order valence-corrected chi connectivity index (χ4v) is 9.97. The Morgan fingerprint density at radius 2 is 1.11 bits per heavy atom. The average molecular weight is 705 g/mol. The number of nitrogens with zero attached hydrogens (tertiary/aromatic N) is 2. The SMILES string of the molecule is OC(c1ccccc1)C(C1=CCCC=C1)c1cccc(-n2c3cc4ccccc4cc3c3c4c5cccc6c7ccccc7n(c65)c4c4ccccc4c32)c1. The van der Waals surface area contributed by atoms with Gasteiger partial charge in [-0.2, -0.15) is 0 Å². The Bertz CT molecular complexity index is 3400. The zero-order valence-corrected chi connectivity index (χ0v) is 30.2. The van der Waals surface area contributed by atoms with Gasteiger partial charge < -0.3 is 14.1 Å². The maximum atomic E-state index is 12.1. The molecule has 2 atom stereocenters. The van der Waals surface area contributed by atoms with Crippen molar-refractivity contribution in [2.24, 2.45) is 0 Å². The molecule has 1 N–H and O–H groups in total. The van der Waals surface area contributed by atoms with E-state index in [1.165, 1.54) is 87.0 Å². The van der Waals surface area contributed by atoms with Crippen LogP contribution in [0.15, 0.2) is 182 Å². The maximum Gasteiger partial charge on any atom is 0.0898 e.